The van der Waals surface area contributed by atoms with Gasteiger partial charge in [-0.05, 0) is 50.1 Å². The third-order valence-corrected chi connectivity index (χ3v) is 6.14. The van der Waals surface area contributed by atoms with Crippen LogP contribution in [0.1, 0.15) is 39.0 Å². The maximum Gasteiger partial charge on any atom is 0.253 e. The van der Waals surface area contributed by atoms with E-state index < -0.39 is 5.92 Å². The van der Waals surface area contributed by atoms with Gasteiger partial charge >= 0.3 is 0 Å². The van der Waals surface area contributed by atoms with Crippen LogP contribution in [-0.4, -0.2) is 24.3 Å². The summed E-state index contributed by atoms with van der Waals surface area (Å²) in [5.74, 6) is -1.09. The van der Waals surface area contributed by atoms with Gasteiger partial charge in [0.1, 0.15) is 0 Å². The van der Waals surface area contributed by atoms with Crippen molar-refractivity contribution in [1.29, 1.82) is 0 Å². The molecule has 0 aliphatic carbocycles. The maximum absolute atomic E-state index is 13.0. The number of hydrogen-bond acceptors (Lipinski definition) is 3. The first kappa shape index (κ1) is 23.2. The Labute approximate surface area is 200 Å². The first-order valence-electron chi connectivity index (χ1n) is 11.4. The van der Waals surface area contributed by atoms with E-state index in [-0.39, 0.29) is 24.1 Å². The Hall–Kier alpha value is -3.93. The summed E-state index contributed by atoms with van der Waals surface area (Å²) in [5.41, 5.74) is 5.94. The van der Waals surface area contributed by atoms with E-state index in [2.05, 4.69) is 10.6 Å². The van der Waals surface area contributed by atoms with Crippen LogP contribution in [0.3, 0.4) is 0 Å². The molecule has 2 N–H and O–H groups in total. The predicted molar refractivity (Wildman–Crippen MR) is 134 cm³/mol. The molecule has 6 heteroatoms. The molecule has 1 aliphatic rings. The highest BCUT2D eigenvalue weighted by Crippen LogP contribution is 2.29. The Morgan fingerprint density at radius 3 is 2.38 bits per heavy atom. The van der Waals surface area contributed by atoms with E-state index >= 15 is 0 Å². The SMILES string of the molecule is Cc1ccc(CNC(=O)c2ccccc2NC(=O)C2CC(=O)N(c3ccc(C)cc3C)C2)cc1. The van der Waals surface area contributed by atoms with Crippen LogP contribution in [-0.2, 0) is 16.1 Å². The summed E-state index contributed by atoms with van der Waals surface area (Å²) in [6.07, 6.45) is 0.140. The lowest BCUT2D eigenvalue weighted by atomic mass is 10.1. The van der Waals surface area contributed by atoms with Crippen molar-refractivity contribution in [3.8, 4) is 0 Å². The molecule has 3 aromatic rings. The molecule has 1 heterocycles. The summed E-state index contributed by atoms with van der Waals surface area (Å²) in [6, 6.07) is 20.8. The number of benzene rings is 3. The fourth-order valence-corrected chi connectivity index (χ4v) is 4.23. The van der Waals surface area contributed by atoms with Crippen molar-refractivity contribution in [1.82, 2.24) is 5.32 Å². The van der Waals surface area contributed by atoms with Crippen molar-refractivity contribution in [3.63, 3.8) is 0 Å². The Balaban J connectivity index is 1.43. The zero-order valence-electron chi connectivity index (χ0n) is 19.7. The number of anilines is 2. The fraction of sp³-hybridized carbons (Fsp3) is 0.250. The number of carbonyl (C=O) groups is 3. The zero-order chi connectivity index (χ0) is 24.2. The van der Waals surface area contributed by atoms with Gasteiger partial charge in [-0.25, -0.2) is 0 Å². The topological polar surface area (TPSA) is 78.5 Å². The van der Waals surface area contributed by atoms with Gasteiger partial charge in [0.05, 0.1) is 17.2 Å². The molecule has 3 amide bonds. The number of nitrogens with one attached hydrogen (secondary N) is 2. The Morgan fingerprint density at radius 2 is 1.65 bits per heavy atom. The summed E-state index contributed by atoms with van der Waals surface area (Å²) >= 11 is 0. The summed E-state index contributed by atoms with van der Waals surface area (Å²) in [5, 5.41) is 5.79. The highest BCUT2D eigenvalue weighted by molar-refractivity contribution is 6.07. The van der Waals surface area contributed by atoms with Crippen molar-refractivity contribution in [2.24, 2.45) is 5.92 Å². The maximum atomic E-state index is 13.0. The second-order valence-corrected chi connectivity index (χ2v) is 8.90. The molecule has 6 nitrogen and oxygen atoms in total. The van der Waals surface area contributed by atoms with Gasteiger partial charge in [0.2, 0.25) is 11.8 Å². The molecule has 0 bridgehead atoms. The summed E-state index contributed by atoms with van der Waals surface area (Å²) in [4.78, 5) is 40.2. The largest absolute Gasteiger partial charge is 0.348 e. The van der Waals surface area contributed by atoms with Gasteiger partial charge in [0, 0.05) is 25.2 Å². The molecule has 174 valence electrons. The van der Waals surface area contributed by atoms with Gasteiger partial charge in [0.25, 0.3) is 5.91 Å². The van der Waals surface area contributed by atoms with Crippen LogP contribution in [0, 0.1) is 26.7 Å². The van der Waals surface area contributed by atoms with Crippen molar-refractivity contribution < 1.29 is 14.4 Å². The average molecular weight is 456 g/mol. The van der Waals surface area contributed by atoms with Crippen LogP contribution in [0.4, 0.5) is 11.4 Å². The molecule has 3 aromatic carbocycles. The lowest BCUT2D eigenvalue weighted by Gasteiger charge is -2.19. The summed E-state index contributed by atoms with van der Waals surface area (Å²) in [6.45, 7) is 6.70. The van der Waals surface area contributed by atoms with Crippen LogP contribution in [0.25, 0.3) is 0 Å². The van der Waals surface area contributed by atoms with Gasteiger partial charge in [-0.15, -0.1) is 0 Å². The van der Waals surface area contributed by atoms with Gasteiger partial charge < -0.3 is 15.5 Å². The Bertz CT molecular complexity index is 1230. The van der Waals surface area contributed by atoms with E-state index in [9.17, 15) is 14.4 Å². The normalized spacial score (nSPS) is 15.3. The first-order valence-corrected chi connectivity index (χ1v) is 11.4. The Kier molecular flexibility index (Phi) is 6.77. The first-order chi connectivity index (χ1) is 16.3. The molecule has 1 saturated heterocycles. The second-order valence-electron chi connectivity index (χ2n) is 8.90. The minimum atomic E-state index is -0.489. The summed E-state index contributed by atoms with van der Waals surface area (Å²) < 4.78 is 0. The van der Waals surface area contributed by atoms with Gasteiger partial charge in [-0.2, -0.15) is 0 Å². The monoisotopic (exact) mass is 455 g/mol. The molecule has 0 saturated carbocycles. The standard InChI is InChI=1S/C28H29N3O3/c1-18-8-11-21(12-9-18)16-29-28(34)23-6-4-5-7-24(23)30-27(33)22-15-26(32)31(17-22)25-13-10-19(2)14-20(25)3/h4-14,22H,15-17H2,1-3H3,(H,29,34)(H,30,33). The lowest BCUT2D eigenvalue weighted by Crippen LogP contribution is -2.29. The van der Waals surface area contributed by atoms with E-state index in [0.29, 0.717) is 24.3 Å². The quantitative estimate of drug-likeness (QED) is 0.573. The molecule has 1 aliphatic heterocycles. The molecule has 1 atom stereocenters. The number of amides is 3. The van der Waals surface area contributed by atoms with E-state index in [4.69, 9.17) is 0 Å². The molecule has 0 spiro atoms. The van der Waals surface area contributed by atoms with Crippen molar-refractivity contribution in [2.45, 2.75) is 33.7 Å². The van der Waals surface area contributed by atoms with Crippen LogP contribution in [0.15, 0.2) is 66.7 Å². The second kappa shape index (κ2) is 9.91. The number of rotatable bonds is 6. The third-order valence-electron chi connectivity index (χ3n) is 6.14. The Morgan fingerprint density at radius 1 is 0.941 bits per heavy atom. The van der Waals surface area contributed by atoms with Crippen molar-refractivity contribution in [3.05, 3.63) is 94.5 Å². The number of hydrogen-bond donors (Lipinski definition) is 2. The molecule has 0 aromatic heterocycles. The van der Waals surface area contributed by atoms with Gasteiger partial charge in [-0.3, -0.25) is 14.4 Å². The van der Waals surface area contributed by atoms with Gasteiger partial charge in [-0.1, -0.05) is 59.7 Å². The molecule has 34 heavy (non-hydrogen) atoms. The minimum absolute atomic E-state index is 0.0729. The smallest absolute Gasteiger partial charge is 0.253 e. The fourth-order valence-electron chi connectivity index (χ4n) is 4.23. The molecular formula is C28H29N3O3. The van der Waals surface area contributed by atoms with E-state index in [1.54, 1.807) is 29.2 Å². The molecule has 1 unspecified atom stereocenters. The zero-order valence-corrected chi connectivity index (χ0v) is 19.7. The van der Waals surface area contributed by atoms with Crippen LogP contribution in [0.5, 0.6) is 0 Å². The van der Waals surface area contributed by atoms with E-state index in [1.165, 1.54) is 0 Å². The third kappa shape index (κ3) is 5.17. The molecule has 4 rings (SSSR count). The number of aryl methyl sites for hydroxylation is 3. The van der Waals surface area contributed by atoms with E-state index in [0.717, 1.165) is 27.9 Å². The van der Waals surface area contributed by atoms with Crippen LogP contribution < -0.4 is 15.5 Å². The highest BCUT2D eigenvalue weighted by Gasteiger charge is 2.36. The van der Waals surface area contributed by atoms with Crippen LogP contribution >= 0.6 is 0 Å². The molecule has 1 fully saturated rings. The lowest BCUT2D eigenvalue weighted by molar-refractivity contribution is -0.122. The highest BCUT2D eigenvalue weighted by atomic mass is 16.2. The predicted octanol–water partition coefficient (Wildman–Crippen LogP) is 4.53. The number of nitrogens with zero attached hydrogens (tertiary/aromatic N) is 1. The van der Waals surface area contributed by atoms with Crippen molar-refractivity contribution >= 4 is 29.1 Å². The molecule has 0 radical (unpaired) electrons. The van der Waals surface area contributed by atoms with E-state index in [1.807, 2.05) is 63.2 Å². The minimum Gasteiger partial charge on any atom is -0.348 e. The van der Waals surface area contributed by atoms with Crippen molar-refractivity contribution in [2.75, 3.05) is 16.8 Å². The van der Waals surface area contributed by atoms with Crippen LogP contribution in [0.2, 0.25) is 0 Å². The molecular weight excluding hydrogens is 426 g/mol. The number of para-hydroxylation sites is 1. The average Bonchev–Trinajstić information content (AvgIpc) is 3.20. The van der Waals surface area contributed by atoms with Gasteiger partial charge in [0.15, 0.2) is 0 Å². The number of carbonyl (C=O) groups excluding carboxylic acids is 3. The summed E-state index contributed by atoms with van der Waals surface area (Å²) in [7, 11) is 0.